The topological polar surface area (TPSA) is 63.2 Å². The summed E-state index contributed by atoms with van der Waals surface area (Å²) in [5.74, 6) is 0.685. The van der Waals surface area contributed by atoms with Crippen LogP contribution in [0, 0.1) is 0 Å². The number of amides is 1. The Balaban J connectivity index is 1.69. The molecule has 0 bridgehead atoms. The van der Waals surface area contributed by atoms with Gasteiger partial charge in [0.1, 0.15) is 11.4 Å². The second-order valence-electron chi connectivity index (χ2n) is 5.23. The van der Waals surface area contributed by atoms with E-state index in [-0.39, 0.29) is 5.91 Å². The number of para-hydroxylation sites is 2. The lowest BCUT2D eigenvalue weighted by Gasteiger charge is -2.12. The second kappa shape index (κ2) is 6.47. The Labute approximate surface area is 129 Å². The molecule has 0 saturated heterocycles. The van der Waals surface area contributed by atoms with Crippen molar-refractivity contribution in [1.82, 2.24) is 10.3 Å². The maximum absolute atomic E-state index is 11.9. The number of hydrogen-bond donors (Lipinski definition) is 2. The molecule has 1 amide bonds. The van der Waals surface area contributed by atoms with Crippen LogP contribution in [0.25, 0.3) is 0 Å². The number of benzene rings is 1. The summed E-state index contributed by atoms with van der Waals surface area (Å²) in [5.41, 5.74) is 2.13. The summed E-state index contributed by atoms with van der Waals surface area (Å²) in [4.78, 5) is 16.1. The first-order valence-electron chi connectivity index (χ1n) is 7.52. The smallest absolute Gasteiger partial charge is 0.270 e. The molecule has 1 heterocycles. The normalized spacial score (nSPS) is 13.5. The molecule has 0 unspecified atom stereocenters. The molecule has 0 atom stereocenters. The standard InChI is InChI=1S/C17H19N3O2/c1-2-22-16-6-4-3-5-14(16)19-13-9-10-15(18-11-13)17(21)20-12-7-8-12/h3-6,9-12,19H,2,7-8H2,1H3,(H,20,21). The van der Waals surface area contributed by atoms with Crippen LogP contribution >= 0.6 is 0 Å². The van der Waals surface area contributed by atoms with Crippen LogP contribution in [-0.2, 0) is 0 Å². The molecule has 1 aromatic heterocycles. The molecule has 0 spiro atoms. The predicted molar refractivity (Wildman–Crippen MR) is 85.6 cm³/mol. The highest BCUT2D eigenvalue weighted by Gasteiger charge is 2.24. The molecular weight excluding hydrogens is 278 g/mol. The summed E-state index contributed by atoms with van der Waals surface area (Å²) < 4.78 is 5.57. The Morgan fingerprint density at radius 2 is 2.09 bits per heavy atom. The Kier molecular flexibility index (Phi) is 4.23. The first kappa shape index (κ1) is 14.4. The zero-order valence-electron chi connectivity index (χ0n) is 12.5. The third-order valence-electron chi connectivity index (χ3n) is 3.37. The van der Waals surface area contributed by atoms with E-state index in [9.17, 15) is 4.79 Å². The highest BCUT2D eigenvalue weighted by atomic mass is 16.5. The Morgan fingerprint density at radius 3 is 2.77 bits per heavy atom. The van der Waals surface area contributed by atoms with Crippen LogP contribution in [0.3, 0.4) is 0 Å². The van der Waals surface area contributed by atoms with Crippen LogP contribution in [0.2, 0.25) is 0 Å². The van der Waals surface area contributed by atoms with Crippen LogP contribution in [-0.4, -0.2) is 23.5 Å². The van der Waals surface area contributed by atoms with Crippen LogP contribution < -0.4 is 15.4 Å². The molecule has 1 saturated carbocycles. The first-order chi connectivity index (χ1) is 10.8. The summed E-state index contributed by atoms with van der Waals surface area (Å²) in [6, 6.07) is 11.6. The predicted octanol–water partition coefficient (Wildman–Crippen LogP) is 3.12. The average Bonchev–Trinajstić information content (AvgIpc) is 3.34. The minimum Gasteiger partial charge on any atom is -0.492 e. The lowest BCUT2D eigenvalue weighted by Crippen LogP contribution is -2.26. The quantitative estimate of drug-likeness (QED) is 0.860. The van der Waals surface area contributed by atoms with Crippen molar-refractivity contribution in [1.29, 1.82) is 0 Å². The SMILES string of the molecule is CCOc1ccccc1Nc1ccc(C(=O)NC2CC2)nc1. The molecule has 1 aliphatic rings. The van der Waals surface area contributed by atoms with Crippen LogP contribution in [0.5, 0.6) is 5.75 Å². The minimum absolute atomic E-state index is 0.108. The summed E-state index contributed by atoms with van der Waals surface area (Å²) in [5, 5.41) is 6.18. The fraction of sp³-hybridized carbons (Fsp3) is 0.294. The summed E-state index contributed by atoms with van der Waals surface area (Å²) in [6.07, 6.45) is 3.80. The van der Waals surface area contributed by atoms with Gasteiger partial charge in [-0.3, -0.25) is 4.79 Å². The fourth-order valence-electron chi connectivity index (χ4n) is 2.10. The van der Waals surface area contributed by atoms with Gasteiger partial charge in [0.05, 0.1) is 24.2 Å². The Morgan fingerprint density at radius 1 is 1.27 bits per heavy atom. The number of anilines is 2. The molecule has 5 heteroatoms. The third kappa shape index (κ3) is 3.55. The highest BCUT2D eigenvalue weighted by Crippen LogP contribution is 2.27. The monoisotopic (exact) mass is 297 g/mol. The van der Waals surface area contributed by atoms with E-state index in [1.807, 2.05) is 37.3 Å². The van der Waals surface area contributed by atoms with Crippen molar-refractivity contribution in [2.75, 3.05) is 11.9 Å². The van der Waals surface area contributed by atoms with Crippen LogP contribution in [0.15, 0.2) is 42.6 Å². The van der Waals surface area contributed by atoms with Gasteiger partial charge in [0, 0.05) is 6.04 Å². The van der Waals surface area contributed by atoms with Crippen molar-refractivity contribution < 1.29 is 9.53 Å². The number of carbonyl (C=O) groups is 1. The molecule has 2 N–H and O–H groups in total. The molecule has 1 aliphatic carbocycles. The van der Waals surface area contributed by atoms with E-state index < -0.39 is 0 Å². The van der Waals surface area contributed by atoms with Crippen molar-refractivity contribution >= 4 is 17.3 Å². The molecule has 5 nitrogen and oxygen atoms in total. The van der Waals surface area contributed by atoms with E-state index in [0.717, 1.165) is 30.0 Å². The molecule has 3 rings (SSSR count). The molecule has 0 aliphatic heterocycles. The number of rotatable bonds is 6. The van der Waals surface area contributed by atoms with Gasteiger partial charge in [-0.1, -0.05) is 12.1 Å². The van der Waals surface area contributed by atoms with Crippen LogP contribution in [0.1, 0.15) is 30.3 Å². The van der Waals surface area contributed by atoms with Gasteiger partial charge < -0.3 is 15.4 Å². The van der Waals surface area contributed by atoms with Gasteiger partial charge in [-0.05, 0) is 44.0 Å². The second-order valence-corrected chi connectivity index (χ2v) is 5.23. The van der Waals surface area contributed by atoms with Gasteiger partial charge in [-0.2, -0.15) is 0 Å². The zero-order valence-corrected chi connectivity index (χ0v) is 12.5. The number of carbonyl (C=O) groups excluding carboxylic acids is 1. The molecule has 22 heavy (non-hydrogen) atoms. The van der Waals surface area contributed by atoms with E-state index in [0.29, 0.717) is 18.3 Å². The molecule has 1 fully saturated rings. The number of hydrogen-bond acceptors (Lipinski definition) is 4. The van der Waals surface area contributed by atoms with Gasteiger partial charge in [0.25, 0.3) is 5.91 Å². The van der Waals surface area contributed by atoms with Crippen molar-refractivity contribution in [2.24, 2.45) is 0 Å². The molecule has 0 radical (unpaired) electrons. The highest BCUT2D eigenvalue weighted by molar-refractivity contribution is 5.92. The van der Waals surface area contributed by atoms with Gasteiger partial charge >= 0.3 is 0 Å². The zero-order chi connectivity index (χ0) is 15.4. The molecular formula is C17H19N3O2. The number of nitrogens with one attached hydrogen (secondary N) is 2. The van der Waals surface area contributed by atoms with Crippen molar-refractivity contribution in [2.45, 2.75) is 25.8 Å². The summed E-state index contributed by atoms with van der Waals surface area (Å²) >= 11 is 0. The number of aromatic nitrogens is 1. The third-order valence-corrected chi connectivity index (χ3v) is 3.37. The van der Waals surface area contributed by atoms with Gasteiger partial charge in [-0.25, -0.2) is 4.98 Å². The van der Waals surface area contributed by atoms with Gasteiger partial charge in [0.15, 0.2) is 0 Å². The van der Waals surface area contributed by atoms with Gasteiger partial charge in [0.2, 0.25) is 0 Å². The lowest BCUT2D eigenvalue weighted by atomic mass is 10.2. The van der Waals surface area contributed by atoms with E-state index >= 15 is 0 Å². The van der Waals surface area contributed by atoms with Gasteiger partial charge in [-0.15, -0.1) is 0 Å². The lowest BCUT2D eigenvalue weighted by molar-refractivity contribution is 0.0946. The van der Waals surface area contributed by atoms with E-state index in [2.05, 4.69) is 15.6 Å². The molecule has 1 aromatic carbocycles. The maximum atomic E-state index is 11.9. The fourth-order valence-corrected chi connectivity index (χ4v) is 2.10. The average molecular weight is 297 g/mol. The summed E-state index contributed by atoms with van der Waals surface area (Å²) in [7, 11) is 0. The minimum atomic E-state index is -0.108. The molecule has 114 valence electrons. The van der Waals surface area contributed by atoms with E-state index in [1.54, 1.807) is 12.3 Å². The van der Waals surface area contributed by atoms with Crippen molar-refractivity contribution in [3.05, 3.63) is 48.3 Å². The Bertz CT molecular complexity index is 651. The van der Waals surface area contributed by atoms with E-state index in [4.69, 9.17) is 4.74 Å². The largest absolute Gasteiger partial charge is 0.492 e. The van der Waals surface area contributed by atoms with Crippen molar-refractivity contribution in [3.63, 3.8) is 0 Å². The van der Waals surface area contributed by atoms with Crippen LogP contribution in [0.4, 0.5) is 11.4 Å². The maximum Gasteiger partial charge on any atom is 0.270 e. The number of nitrogens with zero attached hydrogens (tertiary/aromatic N) is 1. The summed E-state index contributed by atoms with van der Waals surface area (Å²) in [6.45, 7) is 2.56. The van der Waals surface area contributed by atoms with Crippen molar-refractivity contribution in [3.8, 4) is 5.75 Å². The number of ether oxygens (including phenoxy) is 1. The van der Waals surface area contributed by atoms with E-state index in [1.165, 1.54) is 0 Å². The Hall–Kier alpha value is -2.56. The molecule has 2 aromatic rings. The first-order valence-corrected chi connectivity index (χ1v) is 7.52. The number of pyridine rings is 1.